The van der Waals surface area contributed by atoms with Crippen molar-refractivity contribution in [3.63, 3.8) is 0 Å². The number of nitrogens with zero attached hydrogens (tertiary/aromatic N) is 4. The Balaban J connectivity index is 1.76. The normalized spacial score (nSPS) is 11.2. The van der Waals surface area contributed by atoms with Crippen LogP contribution in [0.1, 0.15) is 17.0 Å². The van der Waals surface area contributed by atoms with Crippen molar-refractivity contribution in [3.8, 4) is 11.4 Å². The number of halogens is 2. The van der Waals surface area contributed by atoms with Crippen molar-refractivity contribution >= 4 is 17.7 Å². The number of tetrazole rings is 1. The Hall–Kier alpha value is -3.62. The van der Waals surface area contributed by atoms with E-state index in [4.69, 9.17) is 0 Å². The Morgan fingerprint density at radius 1 is 1.21 bits per heavy atom. The van der Waals surface area contributed by atoms with Crippen LogP contribution >= 0.6 is 0 Å². The predicted octanol–water partition coefficient (Wildman–Crippen LogP) is 3.53. The lowest BCUT2D eigenvalue weighted by Crippen LogP contribution is -2.09. The van der Waals surface area contributed by atoms with Crippen molar-refractivity contribution in [2.45, 2.75) is 20.5 Å². The van der Waals surface area contributed by atoms with Gasteiger partial charge in [0, 0.05) is 17.3 Å². The van der Waals surface area contributed by atoms with E-state index in [0.717, 1.165) is 11.3 Å². The van der Waals surface area contributed by atoms with Crippen molar-refractivity contribution in [3.05, 3.63) is 65.5 Å². The average molecular weight is 385 g/mol. The maximum atomic E-state index is 12.5. The van der Waals surface area contributed by atoms with Crippen LogP contribution in [0, 0.1) is 13.8 Å². The summed E-state index contributed by atoms with van der Waals surface area (Å²) in [6.45, 7) is 0.734. The molecule has 9 heteroatoms. The van der Waals surface area contributed by atoms with Gasteiger partial charge in [0.15, 0.2) is 5.82 Å². The molecule has 0 saturated heterocycles. The number of para-hydroxylation sites is 1. The van der Waals surface area contributed by atoms with Gasteiger partial charge in [-0.05, 0) is 54.1 Å². The molecule has 0 bridgehead atoms. The fourth-order valence-electron chi connectivity index (χ4n) is 2.54. The van der Waals surface area contributed by atoms with Crippen LogP contribution in [-0.2, 0) is 4.79 Å². The molecule has 1 amide bonds. The number of carbonyl (C=O) groups excluding carboxylic acids is 1. The molecule has 3 aromatic rings. The van der Waals surface area contributed by atoms with Gasteiger partial charge in [0.2, 0.25) is 5.91 Å². The molecular formula is C19H17F2N5O2. The van der Waals surface area contributed by atoms with Gasteiger partial charge in [0.25, 0.3) is 0 Å². The molecule has 144 valence electrons. The first kappa shape index (κ1) is 19.2. The Labute approximate surface area is 159 Å². The van der Waals surface area contributed by atoms with E-state index in [-0.39, 0.29) is 5.75 Å². The highest BCUT2D eigenvalue weighted by Crippen LogP contribution is 2.22. The van der Waals surface area contributed by atoms with Gasteiger partial charge in [-0.3, -0.25) is 4.79 Å². The van der Waals surface area contributed by atoms with Crippen LogP contribution in [0.4, 0.5) is 14.5 Å². The third kappa shape index (κ3) is 4.56. The number of alkyl halides is 2. The summed E-state index contributed by atoms with van der Waals surface area (Å²) in [7, 11) is 0. The smallest absolute Gasteiger partial charge is 0.387 e. The lowest BCUT2D eigenvalue weighted by molar-refractivity contribution is -0.111. The monoisotopic (exact) mass is 385 g/mol. The van der Waals surface area contributed by atoms with Crippen LogP contribution in [-0.4, -0.2) is 32.7 Å². The van der Waals surface area contributed by atoms with E-state index >= 15 is 0 Å². The molecule has 0 aliphatic carbocycles. The van der Waals surface area contributed by atoms with Crippen molar-refractivity contribution < 1.29 is 18.3 Å². The Bertz CT molecular complexity index is 1020. The fourth-order valence-corrected chi connectivity index (χ4v) is 2.54. The van der Waals surface area contributed by atoms with Crippen LogP contribution in [0.5, 0.6) is 5.75 Å². The summed E-state index contributed by atoms with van der Waals surface area (Å²) in [5.41, 5.74) is 2.58. The molecule has 1 aromatic heterocycles. The van der Waals surface area contributed by atoms with Gasteiger partial charge in [-0.25, -0.2) is 0 Å². The van der Waals surface area contributed by atoms with E-state index in [1.807, 2.05) is 13.0 Å². The first-order valence-corrected chi connectivity index (χ1v) is 8.33. The fraction of sp³-hybridized carbons (Fsp3) is 0.158. The third-order valence-electron chi connectivity index (χ3n) is 3.88. The standard InChI is InChI=1S/C19H17F2N5O2/c1-12-7-9-15(11-16(12)26-13(2)23-24-25-26)22-18(27)10-8-14-5-3-4-6-17(14)28-19(20)21/h3-11,19H,1-2H3,(H,22,27)/b10-8+. The quantitative estimate of drug-likeness (QED) is 0.657. The molecule has 0 fully saturated rings. The van der Waals surface area contributed by atoms with Crippen molar-refractivity contribution in [1.29, 1.82) is 0 Å². The van der Waals surface area contributed by atoms with Crippen LogP contribution < -0.4 is 10.1 Å². The molecule has 3 rings (SSSR count). The molecule has 1 heterocycles. The maximum Gasteiger partial charge on any atom is 0.387 e. The number of aromatic nitrogens is 4. The zero-order valence-electron chi connectivity index (χ0n) is 15.1. The first-order valence-electron chi connectivity index (χ1n) is 8.33. The van der Waals surface area contributed by atoms with Crippen molar-refractivity contribution in [2.75, 3.05) is 5.32 Å². The molecule has 0 atom stereocenters. The maximum absolute atomic E-state index is 12.5. The van der Waals surface area contributed by atoms with Crippen LogP contribution in [0.3, 0.4) is 0 Å². The van der Waals surface area contributed by atoms with Gasteiger partial charge < -0.3 is 10.1 Å². The van der Waals surface area contributed by atoms with E-state index in [2.05, 4.69) is 25.6 Å². The number of nitrogens with one attached hydrogen (secondary N) is 1. The van der Waals surface area contributed by atoms with Crippen LogP contribution in [0.15, 0.2) is 48.5 Å². The van der Waals surface area contributed by atoms with E-state index in [1.165, 1.54) is 18.2 Å². The molecule has 0 unspecified atom stereocenters. The lowest BCUT2D eigenvalue weighted by Gasteiger charge is -2.10. The SMILES string of the molecule is Cc1ccc(NC(=O)/C=C/c2ccccc2OC(F)F)cc1-n1nnnc1C. The largest absolute Gasteiger partial charge is 0.434 e. The lowest BCUT2D eigenvalue weighted by atomic mass is 10.1. The number of anilines is 1. The zero-order valence-corrected chi connectivity index (χ0v) is 15.1. The van der Waals surface area contributed by atoms with Crippen molar-refractivity contribution in [2.24, 2.45) is 0 Å². The molecule has 0 saturated carbocycles. The predicted molar refractivity (Wildman–Crippen MR) is 99.4 cm³/mol. The molecule has 28 heavy (non-hydrogen) atoms. The minimum absolute atomic E-state index is 0.00618. The number of rotatable bonds is 6. The molecule has 0 radical (unpaired) electrons. The first-order chi connectivity index (χ1) is 13.4. The second-order valence-electron chi connectivity index (χ2n) is 5.88. The van der Waals surface area contributed by atoms with Crippen LogP contribution in [0.2, 0.25) is 0 Å². The number of benzene rings is 2. The van der Waals surface area contributed by atoms with Crippen molar-refractivity contribution in [1.82, 2.24) is 20.2 Å². The van der Waals surface area contributed by atoms with Gasteiger partial charge in [0.1, 0.15) is 5.75 Å². The summed E-state index contributed by atoms with van der Waals surface area (Å²) in [6.07, 6.45) is 2.66. The average Bonchev–Trinajstić information content (AvgIpc) is 3.08. The molecule has 1 N–H and O–H groups in total. The van der Waals surface area contributed by atoms with Gasteiger partial charge in [-0.2, -0.15) is 13.5 Å². The second-order valence-corrected chi connectivity index (χ2v) is 5.88. The summed E-state index contributed by atoms with van der Waals surface area (Å²) in [4.78, 5) is 12.2. The summed E-state index contributed by atoms with van der Waals surface area (Å²) in [5.74, 6) is 0.186. The van der Waals surface area contributed by atoms with Gasteiger partial charge in [0.05, 0.1) is 5.69 Å². The van der Waals surface area contributed by atoms with Crippen LogP contribution in [0.25, 0.3) is 11.8 Å². The highest BCUT2D eigenvalue weighted by molar-refractivity contribution is 6.02. The summed E-state index contributed by atoms with van der Waals surface area (Å²) in [6, 6.07) is 11.6. The molecule has 7 nitrogen and oxygen atoms in total. The number of hydrogen-bond donors (Lipinski definition) is 1. The highest BCUT2D eigenvalue weighted by atomic mass is 19.3. The number of carbonyl (C=O) groups is 1. The number of amides is 1. The molecule has 0 aliphatic rings. The summed E-state index contributed by atoms with van der Waals surface area (Å²) < 4.78 is 30.9. The highest BCUT2D eigenvalue weighted by Gasteiger charge is 2.10. The summed E-state index contributed by atoms with van der Waals surface area (Å²) in [5, 5.41) is 14.1. The molecule has 2 aromatic carbocycles. The van der Waals surface area contributed by atoms with E-state index in [1.54, 1.807) is 41.9 Å². The van der Waals surface area contributed by atoms with E-state index in [9.17, 15) is 13.6 Å². The second kappa shape index (κ2) is 8.38. The van der Waals surface area contributed by atoms with E-state index < -0.39 is 12.5 Å². The molecule has 0 aliphatic heterocycles. The Morgan fingerprint density at radius 3 is 2.71 bits per heavy atom. The number of hydrogen-bond acceptors (Lipinski definition) is 5. The topological polar surface area (TPSA) is 81.9 Å². The van der Waals surface area contributed by atoms with Gasteiger partial charge in [-0.15, -0.1) is 5.10 Å². The van der Waals surface area contributed by atoms with Gasteiger partial charge >= 0.3 is 6.61 Å². The third-order valence-corrected chi connectivity index (χ3v) is 3.88. The summed E-state index contributed by atoms with van der Waals surface area (Å²) >= 11 is 0. The molecule has 0 spiro atoms. The Kier molecular flexibility index (Phi) is 5.73. The van der Waals surface area contributed by atoms with Gasteiger partial charge in [-0.1, -0.05) is 24.3 Å². The number of ether oxygens (including phenoxy) is 1. The minimum Gasteiger partial charge on any atom is -0.434 e. The van der Waals surface area contributed by atoms with E-state index in [0.29, 0.717) is 17.1 Å². The zero-order chi connectivity index (χ0) is 20.1. The Morgan fingerprint density at radius 2 is 2.00 bits per heavy atom. The minimum atomic E-state index is -2.94. The number of aryl methyl sites for hydroxylation is 2. The molecular weight excluding hydrogens is 368 g/mol.